The van der Waals surface area contributed by atoms with Crippen molar-refractivity contribution in [3.63, 3.8) is 0 Å². The molecule has 1 aromatic heterocycles. The molecule has 1 heterocycles. The molecule has 0 saturated heterocycles. The van der Waals surface area contributed by atoms with E-state index in [1.165, 1.54) is 29.5 Å². The van der Waals surface area contributed by atoms with Crippen LogP contribution < -0.4 is 10.6 Å². The van der Waals surface area contributed by atoms with Crippen molar-refractivity contribution >= 4 is 34.8 Å². The molecule has 0 aliphatic carbocycles. The highest BCUT2D eigenvalue weighted by atomic mass is 35.5. The molecule has 3 rings (SSSR count). The predicted octanol–water partition coefficient (Wildman–Crippen LogP) is 3.52. The van der Waals surface area contributed by atoms with E-state index < -0.39 is 17.8 Å². The Morgan fingerprint density at radius 3 is 2.37 bits per heavy atom. The van der Waals surface area contributed by atoms with Gasteiger partial charge in [-0.2, -0.15) is 5.10 Å². The Kier molecular flexibility index (Phi) is 5.46. The van der Waals surface area contributed by atoms with Gasteiger partial charge in [-0.15, -0.1) is 0 Å². The SMILES string of the molecule is C[C@@H](C(=O)Nc1ccc(NC(=O)c2ccc(Cl)cc2F)cc1)n1cncn1. The molecule has 2 aromatic carbocycles. The minimum atomic E-state index is -0.703. The standard InChI is InChI=1S/C18H15ClFN5O2/c1-11(25-10-21-9-22-25)17(26)23-13-3-5-14(6-4-13)24-18(27)15-7-2-12(19)8-16(15)20/h2-11H,1H3,(H,23,26)(H,24,27)/t11-/m0/s1. The van der Waals surface area contributed by atoms with E-state index in [1.54, 1.807) is 31.2 Å². The molecule has 0 saturated carbocycles. The summed E-state index contributed by atoms with van der Waals surface area (Å²) in [5.41, 5.74) is 0.887. The van der Waals surface area contributed by atoms with E-state index in [4.69, 9.17) is 11.6 Å². The molecule has 2 N–H and O–H groups in total. The molecule has 9 heteroatoms. The molecule has 0 fully saturated rings. The minimum absolute atomic E-state index is 0.113. The number of nitrogens with one attached hydrogen (secondary N) is 2. The lowest BCUT2D eigenvalue weighted by molar-refractivity contribution is -0.119. The Bertz CT molecular complexity index is 960. The van der Waals surface area contributed by atoms with Crippen LogP contribution in [0, 0.1) is 5.82 Å². The number of halogens is 2. The summed E-state index contributed by atoms with van der Waals surface area (Å²) >= 11 is 5.68. The summed E-state index contributed by atoms with van der Waals surface area (Å²) < 4.78 is 15.2. The molecule has 27 heavy (non-hydrogen) atoms. The molecular weight excluding hydrogens is 373 g/mol. The number of rotatable bonds is 5. The molecule has 138 valence electrons. The summed E-state index contributed by atoms with van der Waals surface area (Å²) in [7, 11) is 0. The first-order chi connectivity index (χ1) is 12.9. The van der Waals surface area contributed by atoms with Crippen molar-refractivity contribution in [2.75, 3.05) is 10.6 Å². The lowest BCUT2D eigenvalue weighted by atomic mass is 10.2. The molecule has 3 aromatic rings. The second-order valence-electron chi connectivity index (χ2n) is 5.70. The van der Waals surface area contributed by atoms with Gasteiger partial charge in [0.15, 0.2) is 0 Å². The van der Waals surface area contributed by atoms with Crippen LogP contribution in [0.2, 0.25) is 5.02 Å². The molecule has 0 spiro atoms. The number of aromatic nitrogens is 3. The van der Waals surface area contributed by atoms with Crippen molar-refractivity contribution < 1.29 is 14.0 Å². The molecule has 0 bridgehead atoms. The van der Waals surface area contributed by atoms with E-state index in [1.807, 2.05) is 0 Å². The Morgan fingerprint density at radius 1 is 1.11 bits per heavy atom. The van der Waals surface area contributed by atoms with Crippen LogP contribution in [-0.2, 0) is 4.79 Å². The van der Waals surface area contributed by atoms with E-state index in [9.17, 15) is 14.0 Å². The second kappa shape index (κ2) is 7.96. The van der Waals surface area contributed by atoms with Gasteiger partial charge in [0.2, 0.25) is 5.91 Å². The largest absolute Gasteiger partial charge is 0.324 e. The van der Waals surface area contributed by atoms with Crippen LogP contribution in [0.25, 0.3) is 0 Å². The van der Waals surface area contributed by atoms with Crippen LogP contribution in [0.5, 0.6) is 0 Å². The number of carbonyl (C=O) groups excluding carboxylic acids is 2. The smallest absolute Gasteiger partial charge is 0.258 e. The topological polar surface area (TPSA) is 88.9 Å². The van der Waals surface area contributed by atoms with Gasteiger partial charge in [0.1, 0.15) is 24.5 Å². The number of hydrogen-bond acceptors (Lipinski definition) is 4. The van der Waals surface area contributed by atoms with Crippen LogP contribution in [-0.4, -0.2) is 26.6 Å². The zero-order chi connectivity index (χ0) is 19.4. The summed E-state index contributed by atoms with van der Waals surface area (Å²) in [4.78, 5) is 28.2. The zero-order valence-corrected chi connectivity index (χ0v) is 14.9. The highest BCUT2D eigenvalue weighted by molar-refractivity contribution is 6.30. The van der Waals surface area contributed by atoms with Gasteiger partial charge < -0.3 is 10.6 Å². The molecule has 0 aliphatic heterocycles. The molecule has 0 unspecified atom stereocenters. The van der Waals surface area contributed by atoms with Crippen molar-refractivity contribution in [2.45, 2.75) is 13.0 Å². The van der Waals surface area contributed by atoms with Crippen LogP contribution >= 0.6 is 11.6 Å². The number of anilines is 2. The maximum absolute atomic E-state index is 13.8. The first kappa shape index (κ1) is 18.5. The van der Waals surface area contributed by atoms with Gasteiger partial charge in [0, 0.05) is 16.4 Å². The third-order valence-corrected chi connectivity index (χ3v) is 4.03. The third kappa shape index (κ3) is 4.48. The van der Waals surface area contributed by atoms with Gasteiger partial charge in [-0.25, -0.2) is 14.1 Å². The second-order valence-corrected chi connectivity index (χ2v) is 6.13. The lowest BCUT2D eigenvalue weighted by Gasteiger charge is -2.12. The van der Waals surface area contributed by atoms with Gasteiger partial charge in [-0.1, -0.05) is 11.6 Å². The summed E-state index contributed by atoms with van der Waals surface area (Å²) in [6.07, 6.45) is 2.81. The first-order valence-electron chi connectivity index (χ1n) is 7.95. The van der Waals surface area contributed by atoms with E-state index in [0.717, 1.165) is 6.07 Å². The van der Waals surface area contributed by atoms with Gasteiger partial charge in [-0.3, -0.25) is 9.59 Å². The third-order valence-electron chi connectivity index (χ3n) is 3.80. The zero-order valence-electron chi connectivity index (χ0n) is 14.2. The number of hydrogen-bond donors (Lipinski definition) is 2. The Hall–Kier alpha value is -3.26. The number of nitrogens with zero attached hydrogens (tertiary/aromatic N) is 3. The van der Waals surface area contributed by atoms with Gasteiger partial charge >= 0.3 is 0 Å². The molecule has 0 aliphatic rings. The Labute approximate surface area is 159 Å². The van der Waals surface area contributed by atoms with Crippen LogP contribution in [0.4, 0.5) is 15.8 Å². The normalized spacial score (nSPS) is 11.7. The molecule has 1 atom stereocenters. The van der Waals surface area contributed by atoms with Crippen molar-refractivity contribution in [1.82, 2.24) is 14.8 Å². The maximum atomic E-state index is 13.8. The lowest BCUT2D eigenvalue weighted by Crippen LogP contribution is -2.24. The minimum Gasteiger partial charge on any atom is -0.324 e. The molecule has 7 nitrogen and oxygen atoms in total. The van der Waals surface area contributed by atoms with Gasteiger partial charge in [0.25, 0.3) is 5.91 Å². The number of carbonyl (C=O) groups is 2. The van der Waals surface area contributed by atoms with Gasteiger partial charge in [0.05, 0.1) is 5.56 Å². The van der Waals surface area contributed by atoms with E-state index in [2.05, 4.69) is 20.7 Å². The Balaban J connectivity index is 1.63. The van der Waals surface area contributed by atoms with Crippen LogP contribution in [0.3, 0.4) is 0 Å². The molecular formula is C18H15ClFN5O2. The van der Waals surface area contributed by atoms with E-state index in [0.29, 0.717) is 11.4 Å². The van der Waals surface area contributed by atoms with Crippen LogP contribution in [0.1, 0.15) is 23.3 Å². The highest BCUT2D eigenvalue weighted by Crippen LogP contribution is 2.18. The monoisotopic (exact) mass is 387 g/mol. The predicted molar refractivity (Wildman–Crippen MR) is 99.2 cm³/mol. The average Bonchev–Trinajstić information content (AvgIpc) is 3.17. The van der Waals surface area contributed by atoms with Crippen molar-refractivity contribution in [3.05, 3.63) is 71.5 Å². The fraction of sp³-hybridized carbons (Fsp3) is 0.111. The average molecular weight is 388 g/mol. The number of benzene rings is 2. The van der Waals surface area contributed by atoms with Crippen molar-refractivity contribution in [1.29, 1.82) is 0 Å². The summed E-state index contributed by atoms with van der Waals surface area (Å²) in [6.45, 7) is 1.69. The summed E-state index contributed by atoms with van der Waals surface area (Å²) in [5, 5.41) is 9.47. The van der Waals surface area contributed by atoms with Gasteiger partial charge in [-0.05, 0) is 49.4 Å². The van der Waals surface area contributed by atoms with Crippen LogP contribution in [0.15, 0.2) is 55.1 Å². The number of amides is 2. The molecule has 2 amide bonds. The van der Waals surface area contributed by atoms with Crippen molar-refractivity contribution in [2.24, 2.45) is 0 Å². The quantitative estimate of drug-likeness (QED) is 0.701. The first-order valence-corrected chi connectivity index (χ1v) is 8.33. The molecule has 0 radical (unpaired) electrons. The fourth-order valence-electron chi connectivity index (χ4n) is 2.29. The van der Waals surface area contributed by atoms with E-state index in [-0.39, 0.29) is 16.5 Å². The summed E-state index contributed by atoms with van der Waals surface area (Å²) in [6, 6.07) is 9.75. The summed E-state index contributed by atoms with van der Waals surface area (Å²) in [5.74, 6) is -1.56. The van der Waals surface area contributed by atoms with Crippen molar-refractivity contribution in [3.8, 4) is 0 Å². The Morgan fingerprint density at radius 2 is 1.78 bits per heavy atom. The van der Waals surface area contributed by atoms with E-state index >= 15 is 0 Å². The highest BCUT2D eigenvalue weighted by Gasteiger charge is 2.16. The maximum Gasteiger partial charge on any atom is 0.258 e. The fourth-order valence-corrected chi connectivity index (χ4v) is 2.45.